The van der Waals surface area contributed by atoms with Gasteiger partial charge in [-0.2, -0.15) is 4.98 Å². The lowest BCUT2D eigenvalue weighted by atomic mass is 10.2. The molecule has 0 saturated heterocycles. The predicted molar refractivity (Wildman–Crippen MR) is 117 cm³/mol. The van der Waals surface area contributed by atoms with Crippen molar-refractivity contribution in [3.63, 3.8) is 0 Å². The number of aromatic nitrogens is 2. The number of halogens is 1. The highest BCUT2D eigenvalue weighted by molar-refractivity contribution is 6.33. The summed E-state index contributed by atoms with van der Waals surface area (Å²) < 4.78 is 10.5. The van der Waals surface area contributed by atoms with Gasteiger partial charge in [-0.15, -0.1) is 0 Å². The molecule has 2 N–H and O–H groups in total. The van der Waals surface area contributed by atoms with Gasteiger partial charge in [0.25, 0.3) is 11.8 Å². The summed E-state index contributed by atoms with van der Waals surface area (Å²) in [5, 5.41) is 9.65. The molecule has 2 aromatic heterocycles. The van der Waals surface area contributed by atoms with E-state index in [1.54, 1.807) is 66.7 Å². The molecule has 4 rings (SSSR count). The summed E-state index contributed by atoms with van der Waals surface area (Å²) in [5.74, 6) is -0.0913. The monoisotopic (exact) mass is 448 g/mol. The minimum Gasteiger partial charge on any atom is -0.465 e. The molecule has 32 heavy (non-hydrogen) atoms. The van der Waals surface area contributed by atoms with E-state index in [9.17, 15) is 9.59 Å². The van der Waals surface area contributed by atoms with Crippen LogP contribution in [0.5, 0.6) is 0 Å². The van der Waals surface area contributed by atoms with Crippen LogP contribution in [0.1, 0.15) is 22.0 Å². The third-order valence-electron chi connectivity index (χ3n) is 4.34. The van der Waals surface area contributed by atoms with Gasteiger partial charge in [0.1, 0.15) is 11.5 Å². The molecule has 0 radical (unpaired) electrons. The normalized spacial score (nSPS) is 11.2. The quantitative estimate of drug-likeness (QED) is 0.412. The van der Waals surface area contributed by atoms with Crippen LogP contribution in [0.3, 0.4) is 0 Å². The van der Waals surface area contributed by atoms with E-state index in [0.29, 0.717) is 27.7 Å². The number of benzene rings is 2. The van der Waals surface area contributed by atoms with E-state index in [-0.39, 0.29) is 18.1 Å². The molecule has 8 nitrogen and oxygen atoms in total. The number of nitrogens with zero attached hydrogens (tertiary/aromatic N) is 2. The van der Waals surface area contributed by atoms with Crippen molar-refractivity contribution < 1.29 is 18.5 Å². The predicted octanol–water partition coefficient (Wildman–Crippen LogP) is 4.07. The summed E-state index contributed by atoms with van der Waals surface area (Å²) >= 11 is 6.16. The Labute approximate surface area is 187 Å². The zero-order valence-corrected chi connectivity index (χ0v) is 17.4. The van der Waals surface area contributed by atoms with Crippen LogP contribution in [-0.2, 0) is 11.3 Å². The molecule has 2 amide bonds. The van der Waals surface area contributed by atoms with Gasteiger partial charge in [0, 0.05) is 17.2 Å². The van der Waals surface area contributed by atoms with Gasteiger partial charge < -0.3 is 19.6 Å². The topological polar surface area (TPSA) is 110 Å². The molecule has 0 saturated carbocycles. The third-order valence-corrected chi connectivity index (χ3v) is 4.67. The van der Waals surface area contributed by atoms with Crippen LogP contribution >= 0.6 is 11.6 Å². The van der Waals surface area contributed by atoms with Gasteiger partial charge in [0.2, 0.25) is 11.7 Å². The lowest BCUT2D eigenvalue weighted by Gasteiger charge is -2.09. The number of carbonyl (C=O) groups is 2. The Bertz CT molecular complexity index is 1250. The van der Waals surface area contributed by atoms with Crippen LogP contribution in [0.4, 0.5) is 0 Å². The first-order valence-electron chi connectivity index (χ1n) is 9.57. The summed E-state index contributed by atoms with van der Waals surface area (Å²) in [4.78, 5) is 29.6. The highest BCUT2D eigenvalue weighted by Gasteiger charge is 2.17. The Hall–Kier alpha value is -4.17. The van der Waals surface area contributed by atoms with Crippen LogP contribution in [0, 0.1) is 0 Å². The maximum absolute atomic E-state index is 12.8. The summed E-state index contributed by atoms with van der Waals surface area (Å²) in [6.45, 7) is -0.0486. The smallest absolute Gasteiger partial charge is 0.268 e. The van der Waals surface area contributed by atoms with Gasteiger partial charge in [-0.25, -0.2) is 0 Å². The lowest BCUT2D eigenvalue weighted by Crippen LogP contribution is -2.34. The standard InChI is InChI=1S/C23H17ClN4O4/c24-18-11-5-4-10-17(18)21-27-20(32-28-21)14-25-23(30)19(13-16-9-6-12-31-16)26-22(29)15-7-2-1-3-8-15/h1-13H,14H2,(H,25,30)(H,26,29)/b19-13-. The van der Waals surface area contributed by atoms with Crippen LogP contribution < -0.4 is 10.6 Å². The molecule has 9 heteroatoms. The van der Waals surface area contributed by atoms with E-state index < -0.39 is 11.8 Å². The van der Waals surface area contributed by atoms with Gasteiger partial charge in [0.05, 0.1) is 17.8 Å². The summed E-state index contributed by atoms with van der Waals surface area (Å²) in [7, 11) is 0. The zero-order chi connectivity index (χ0) is 22.3. The molecule has 0 atom stereocenters. The van der Waals surface area contributed by atoms with E-state index in [4.69, 9.17) is 20.5 Å². The minimum atomic E-state index is -0.553. The van der Waals surface area contributed by atoms with Crippen LogP contribution in [0.2, 0.25) is 5.02 Å². The average molecular weight is 449 g/mol. The Morgan fingerprint density at radius 1 is 1.00 bits per heavy atom. The number of hydrogen-bond acceptors (Lipinski definition) is 6. The molecular weight excluding hydrogens is 432 g/mol. The number of rotatable bonds is 7. The number of furan rings is 1. The molecule has 0 unspecified atom stereocenters. The van der Waals surface area contributed by atoms with Crippen molar-refractivity contribution in [1.82, 2.24) is 20.8 Å². The molecule has 4 aromatic rings. The zero-order valence-electron chi connectivity index (χ0n) is 16.6. The van der Waals surface area contributed by atoms with Crippen molar-refractivity contribution in [3.05, 3.63) is 101 Å². The van der Waals surface area contributed by atoms with Gasteiger partial charge in [-0.3, -0.25) is 9.59 Å². The van der Waals surface area contributed by atoms with Crippen molar-refractivity contribution in [2.75, 3.05) is 0 Å². The molecule has 2 heterocycles. The molecule has 0 aliphatic heterocycles. The second kappa shape index (κ2) is 9.76. The first-order chi connectivity index (χ1) is 15.6. The summed E-state index contributed by atoms with van der Waals surface area (Å²) in [5.41, 5.74) is 1.02. The fraction of sp³-hybridized carbons (Fsp3) is 0.0435. The third kappa shape index (κ3) is 5.11. The fourth-order valence-electron chi connectivity index (χ4n) is 2.79. The lowest BCUT2D eigenvalue weighted by molar-refractivity contribution is -0.118. The van der Waals surface area contributed by atoms with E-state index in [1.807, 2.05) is 0 Å². The summed E-state index contributed by atoms with van der Waals surface area (Å²) in [6.07, 6.45) is 2.90. The van der Waals surface area contributed by atoms with Crippen molar-refractivity contribution in [2.24, 2.45) is 0 Å². The van der Waals surface area contributed by atoms with Crippen LogP contribution in [0.25, 0.3) is 17.5 Å². The van der Waals surface area contributed by atoms with Crippen molar-refractivity contribution in [2.45, 2.75) is 6.54 Å². The number of amides is 2. The Balaban J connectivity index is 1.47. The molecule has 0 aliphatic rings. The van der Waals surface area contributed by atoms with Crippen molar-refractivity contribution in [3.8, 4) is 11.4 Å². The molecule has 160 valence electrons. The molecule has 2 aromatic carbocycles. The van der Waals surface area contributed by atoms with E-state index in [2.05, 4.69) is 20.8 Å². The van der Waals surface area contributed by atoms with E-state index >= 15 is 0 Å². The molecular formula is C23H17ClN4O4. The molecule has 0 aliphatic carbocycles. The van der Waals surface area contributed by atoms with E-state index in [1.165, 1.54) is 12.3 Å². The highest BCUT2D eigenvalue weighted by Crippen LogP contribution is 2.24. The van der Waals surface area contributed by atoms with Crippen molar-refractivity contribution in [1.29, 1.82) is 0 Å². The van der Waals surface area contributed by atoms with Gasteiger partial charge in [0.15, 0.2) is 0 Å². The van der Waals surface area contributed by atoms with Crippen LogP contribution in [0.15, 0.2) is 87.6 Å². The second-order valence-electron chi connectivity index (χ2n) is 6.57. The van der Waals surface area contributed by atoms with Crippen LogP contribution in [-0.4, -0.2) is 22.0 Å². The fourth-order valence-corrected chi connectivity index (χ4v) is 3.01. The summed E-state index contributed by atoms with van der Waals surface area (Å²) in [6, 6.07) is 19.0. The molecule has 0 spiro atoms. The Morgan fingerprint density at radius 3 is 2.53 bits per heavy atom. The maximum Gasteiger partial charge on any atom is 0.268 e. The number of nitrogens with one attached hydrogen (secondary N) is 2. The molecule has 0 fully saturated rings. The van der Waals surface area contributed by atoms with Gasteiger partial charge in [-0.1, -0.05) is 47.1 Å². The maximum atomic E-state index is 12.8. The SMILES string of the molecule is O=C(NCc1nc(-c2ccccc2Cl)no1)/C(=C/c1ccco1)NC(=O)c1ccccc1. The Kier molecular flexibility index (Phi) is 6.43. The largest absolute Gasteiger partial charge is 0.465 e. The van der Waals surface area contributed by atoms with Gasteiger partial charge in [-0.05, 0) is 36.4 Å². The van der Waals surface area contributed by atoms with E-state index in [0.717, 1.165) is 0 Å². The average Bonchev–Trinajstić information content (AvgIpc) is 3.50. The second-order valence-corrected chi connectivity index (χ2v) is 6.98. The molecule has 0 bridgehead atoms. The first kappa shape index (κ1) is 21.1. The first-order valence-corrected chi connectivity index (χ1v) is 9.95. The number of carbonyl (C=O) groups excluding carboxylic acids is 2. The highest BCUT2D eigenvalue weighted by atomic mass is 35.5. The van der Waals surface area contributed by atoms with Crippen molar-refractivity contribution >= 4 is 29.5 Å². The van der Waals surface area contributed by atoms with Gasteiger partial charge >= 0.3 is 0 Å². The number of hydrogen-bond donors (Lipinski definition) is 2. The minimum absolute atomic E-state index is 0.000328. The Morgan fingerprint density at radius 2 is 1.78 bits per heavy atom.